The SMILES string of the molecule is COc1ccc2[nH]c(C)c(C(=O)N3CCN(c4cccc(C)c4)[C@H](C)C3)c2c1. The summed E-state index contributed by atoms with van der Waals surface area (Å²) in [6.07, 6.45) is 0. The predicted molar refractivity (Wildman–Crippen MR) is 113 cm³/mol. The van der Waals surface area contributed by atoms with Crippen molar-refractivity contribution in [3.63, 3.8) is 0 Å². The van der Waals surface area contributed by atoms with Crippen molar-refractivity contribution >= 4 is 22.5 Å². The zero-order valence-electron chi connectivity index (χ0n) is 17.0. The molecule has 146 valence electrons. The Morgan fingerprint density at radius 2 is 1.96 bits per heavy atom. The number of benzene rings is 2. The number of fused-ring (bicyclic) bond motifs is 1. The molecule has 5 heteroatoms. The highest BCUT2D eigenvalue weighted by molar-refractivity contribution is 6.08. The minimum atomic E-state index is 0.0905. The summed E-state index contributed by atoms with van der Waals surface area (Å²) in [6, 6.07) is 14.7. The Labute approximate surface area is 165 Å². The molecule has 0 bridgehead atoms. The Morgan fingerprint density at radius 1 is 1.14 bits per heavy atom. The summed E-state index contributed by atoms with van der Waals surface area (Å²) in [7, 11) is 1.65. The van der Waals surface area contributed by atoms with Gasteiger partial charge in [-0.15, -0.1) is 0 Å². The van der Waals surface area contributed by atoms with E-state index in [4.69, 9.17) is 4.74 Å². The zero-order valence-corrected chi connectivity index (χ0v) is 17.0. The van der Waals surface area contributed by atoms with E-state index in [2.05, 4.69) is 48.0 Å². The van der Waals surface area contributed by atoms with Crippen molar-refractivity contribution in [2.24, 2.45) is 0 Å². The molecule has 1 amide bonds. The number of carbonyl (C=O) groups excluding carboxylic acids is 1. The number of nitrogens with one attached hydrogen (secondary N) is 1. The number of ether oxygens (including phenoxy) is 1. The highest BCUT2D eigenvalue weighted by Gasteiger charge is 2.29. The second-order valence-corrected chi connectivity index (χ2v) is 7.67. The van der Waals surface area contributed by atoms with Crippen LogP contribution >= 0.6 is 0 Å². The van der Waals surface area contributed by atoms with Crippen molar-refractivity contribution in [1.82, 2.24) is 9.88 Å². The molecular weight excluding hydrogens is 350 g/mol. The van der Waals surface area contributed by atoms with E-state index in [9.17, 15) is 4.79 Å². The standard InChI is InChI=1S/C23H27N3O2/c1-15-6-5-7-18(12-15)26-11-10-25(14-16(26)2)23(27)22-17(3)24-21-9-8-19(28-4)13-20(21)22/h5-9,12-13,16,24H,10-11,14H2,1-4H3/t16-/m1/s1. The molecule has 0 spiro atoms. The van der Waals surface area contributed by atoms with Gasteiger partial charge in [-0.1, -0.05) is 12.1 Å². The van der Waals surface area contributed by atoms with Crippen LogP contribution < -0.4 is 9.64 Å². The number of aromatic amines is 1. The minimum absolute atomic E-state index is 0.0905. The first-order chi connectivity index (χ1) is 13.5. The first-order valence-corrected chi connectivity index (χ1v) is 9.77. The van der Waals surface area contributed by atoms with Gasteiger partial charge in [0.2, 0.25) is 0 Å². The summed E-state index contributed by atoms with van der Waals surface area (Å²) >= 11 is 0. The monoisotopic (exact) mass is 377 g/mol. The Balaban J connectivity index is 1.59. The van der Waals surface area contributed by atoms with Crippen LogP contribution in [0.3, 0.4) is 0 Å². The van der Waals surface area contributed by atoms with Crippen LogP contribution in [0, 0.1) is 13.8 Å². The quantitative estimate of drug-likeness (QED) is 0.746. The van der Waals surface area contributed by atoms with Gasteiger partial charge in [0.05, 0.1) is 12.7 Å². The minimum Gasteiger partial charge on any atom is -0.497 e. The van der Waals surface area contributed by atoms with E-state index in [0.29, 0.717) is 13.1 Å². The Hall–Kier alpha value is -2.95. The van der Waals surface area contributed by atoms with Crippen molar-refractivity contribution in [2.75, 3.05) is 31.6 Å². The van der Waals surface area contributed by atoms with Crippen LogP contribution in [-0.2, 0) is 0 Å². The molecule has 1 N–H and O–H groups in total. The van der Waals surface area contributed by atoms with Crippen molar-refractivity contribution in [2.45, 2.75) is 26.8 Å². The average Bonchev–Trinajstić information content (AvgIpc) is 3.02. The van der Waals surface area contributed by atoms with E-state index in [1.807, 2.05) is 30.0 Å². The molecule has 2 heterocycles. The molecule has 5 nitrogen and oxygen atoms in total. The number of rotatable bonds is 3. The van der Waals surface area contributed by atoms with Crippen LogP contribution in [0.5, 0.6) is 5.75 Å². The highest BCUT2D eigenvalue weighted by Crippen LogP contribution is 2.29. The molecule has 1 aromatic heterocycles. The molecule has 1 atom stereocenters. The number of nitrogens with zero attached hydrogens (tertiary/aromatic N) is 2. The first-order valence-electron chi connectivity index (χ1n) is 9.77. The van der Waals surface area contributed by atoms with Crippen molar-refractivity contribution in [3.8, 4) is 5.75 Å². The van der Waals surface area contributed by atoms with Gasteiger partial charge in [-0.05, 0) is 56.7 Å². The number of anilines is 1. The van der Waals surface area contributed by atoms with Crippen LogP contribution in [-0.4, -0.2) is 48.6 Å². The van der Waals surface area contributed by atoms with Crippen LogP contribution in [0.1, 0.15) is 28.5 Å². The molecule has 1 fully saturated rings. The normalized spacial score (nSPS) is 17.2. The lowest BCUT2D eigenvalue weighted by Crippen LogP contribution is -2.53. The fraction of sp³-hybridized carbons (Fsp3) is 0.348. The van der Waals surface area contributed by atoms with Gasteiger partial charge in [-0.3, -0.25) is 4.79 Å². The maximum absolute atomic E-state index is 13.4. The fourth-order valence-corrected chi connectivity index (χ4v) is 4.20. The molecule has 2 aromatic carbocycles. The molecule has 1 aliphatic rings. The number of hydrogen-bond donors (Lipinski definition) is 1. The molecule has 0 aliphatic carbocycles. The maximum atomic E-state index is 13.4. The number of aromatic nitrogens is 1. The van der Waals surface area contributed by atoms with E-state index in [0.717, 1.165) is 34.5 Å². The number of carbonyl (C=O) groups is 1. The van der Waals surface area contributed by atoms with Crippen LogP contribution in [0.4, 0.5) is 5.69 Å². The van der Waals surface area contributed by atoms with Crippen molar-refractivity contribution < 1.29 is 9.53 Å². The van der Waals surface area contributed by atoms with E-state index in [-0.39, 0.29) is 11.9 Å². The van der Waals surface area contributed by atoms with E-state index >= 15 is 0 Å². The second kappa shape index (κ2) is 7.23. The Kier molecular flexibility index (Phi) is 4.75. The maximum Gasteiger partial charge on any atom is 0.256 e. The topological polar surface area (TPSA) is 48.6 Å². The summed E-state index contributed by atoms with van der Waals surface area (Å²) in [6.45, 7) is 8.53. The Morgan fingerprint density at radius 3 is 2.68 bits per heavy atom. The van der Waals surface area contributed by atoms with Crippen LogP contribution in [0.2, 0.25) is 0 Å². The van der Waals surface area contributed by atoms with Gasteiger partial charge in [0, 0.05) is 48.0 Å². The molecular formula is C23H27N3O2. The summed E-state index contributed by atoms with van der Waals surface area (Å²) < 4.78 is 5.36. The van der Waals surface area contributed by atoms with Crippen molar-refractivity contribution in [3.05, 3.63) is 59.3 Å². The predicted octanol–water partition coefficient (Wildman–Crippen LogP) is 4.14. The summed E-state index contributed by atoms with van der Waals surface area (Å²) in [5.74, 6) is 0.853. The van der Waals surface area contributed by atoms with Gasteiger partial charge in [0.25, 0.3) is 5.91 Å². The molecule has 0 radical (unpaired) electrons. The molecule has 1 saturated heterocycles. The zero-order chi connectivity index (χ0) is 19.8. The number of hydrogen-bond acceptors (Lipinski definition) is 3. The van der Waals surface area contributed by atoms with Crippen LogP contribution in [0.25, 0.3) is 10.9 Å². The molecule has 3 aromatic rings. The Bertz CT molecular complexity index is 1020. The fourth-order valence-electron chi connectivity index (χ4n) is 4.20. The van der Waals surface area contributed by atoms with Crippen LogP contribution in [0.15, 0.2) is 42.5 Å². The first kappa shape index (κ1) is 18.4. The van der Waals surface area contributed by atoms with Gasteiger partial charge >= 0.3 is 0 Å². The number of aryl methyl sites for hydroxylation is 2. The molecule has 4 rings (SSSR count). The molecule has 28 heavy (non-hydrogen) atoms. The molecule has 0 saturated carbocycles. The molecule has 0 unspecified atom stereocenters. The highest BCUT2D eigenvalue weighted by atomic mass is 16.5. The number of piperazine rings is 1. The van der Waals surface area contributed by atoms with Gasteiger partial charge in [-0.25, -0.2) is 0 Å². The summed E-state index contributed by atoms with van der Waals surface area (Å²) in [5, 5.41) is 0.926. The lowest BCUT2D eigenvalue weighted by atomic mass is 10.1. The van der Waals surface area contributed by atoms with E-state index in [1.165, 1.54) is 11.3 Å². The third-order valence-corrected chi connectivity index (χ3v) is 5.66. The second-order valence-electron chi connectivity index (χ2n) is 7.67. The van der Waals surface area contributed by atoms with E-state index in [1.54, 1.807) is 7.11 Å². The van der Waals surface area contributed by atoms with Gasteiger partial charge in [0.1, 0.15) is 5.75 Å². The van der Waals surface area contributed by atoms with Gasteiger partial charge < -0.3 is 19.5 Å². The lowest BCUT2D eigenvalue weighted by molar-refractivity contribution is 0.0727. The number of methoxy groups -OCH3 is 1. The van der Waals surface area contributed by atoms with Gasteiger partial charge in [0.15, 0.2) is 0 Å². The number of H-pyrrole nitrogens is 1. The summed E-state index contributed by atoms with van der Waals surface area (Å²) in [5.41, 5.74) is 5.11. The average molecular weight is 377 g/mol. The van der Waals surface area contributed by atoms with E-state index < -0.39 is 0 Å². The third-order valence-electron chi connectivity index (χ3n) is 5.66. The number of amides is 1. The largest absolute Gasteiger partial charge is 0.497 e. The van der Waals surface area contributed by atoms with Gasteiger partial charge in [-0.2, -0.15) is 0 Å². The molecule has 1 aliphatic heterocycles. The van der Waals surface area contributed by atoms with Crippen molar-refractivity contribution in [1.29, 1.82) is 0 Å². The smallest absolute Gasteiger partial charge is 0.256 e. The summed E-state index contributed by atoms with van der Waals surface area (Å²) in [4.78, 5) is 21.1. The lowest BCUT2D eigenvalue weighted by Gasteiger charge is -2.41. The third kappa shape index (κ3) is 3.21.